The van der Waals surface area contributed by atoms with Crippen LogP contribution in [0.15, 0.2) is 36.0 Å². The van der Waals surface area contributed by atoms with Crippen molar-refractivity contribution in [3.8, 4) is 11.8 Å². The first kappa shape index (κ1) is 22.5. The second-order valence-electron chi connectivity index (χ2n) is 7.47. The van der Waals surface area contributed by atoms with Crippen LogP contribution in [-0.4, -0.2) is 51.3 Å². The van der Waals surface area contributed by atoms with Crippen molar-refractivity contribution >= 4 is 40.4 Å². The molecule has 0 amide bonds. The van der Waals surface area contributed by atoms with Crippen molar-refractivity contribution in [3.63, 3.8) is 0 Å². The van der Waals surface area contributed by atoms with Crippen LogP contribution >= 0.6 is 22.9 Å². The molecule has 4 rings (SSSR count). The molecule has 1 fully saturated rings. The van der Waals surface area contributed by atoms with E-state index < -0.39 is 5.60 Å². The van der Waals surface area contributed by atoms with Gasteiger partial charge in [-0.15, -0.1) is 11.3 Å². The van der Waals surface area contributed by atoms with Crippen LogP contribution in [-0.2, 0) is 16.9 Å². The van der Waals surface area contributed by atoms with Gasteiger partial charge < -0.3 is 20.9 Å². The van der Waals surface area contributed by atoms with Gasteiger partial charge in [0, 0.05) is 42.5 Å². The standard InChI is InChI=1S/C22H23ClN6O2S/c1-22(30,20-25-6-11-32-20)5-4-15-2-3-16(14-29-7-9-31-10-8-29)18(12-15)27-19-17(23)13-26-21(24)28-19/h2-3,6,11-13,30H,7-10,14H2,1H3,(H3,24,26,27,28). The van der Waals surface area contributed by atoms with Gasteiger partial charge >= 0.3 is 0 Å². The first-order valence-corrected chi connectivity index (χ1v) is 11.3. The van der Waals surface area contributed by atoms with Crippen molar-refractivity contribution in [3.05, 3.63) is 57.1 Å². The zero-order valence-corrected chi connectivity index (χ0v) is 19.1. The Bertz CT molecular complexity index is 1140. The maximum absolute atomic E-state index is 10.7. The Kier molecular flexibility index (Phi) is 6.89. The van der Waals surface area contributed by atoms with Crippen LogP contribution in [0.2, 0.25) is 5.02 Å². The zero-order valence-electron chi connectivity index (χ0n) is 17.5. The topological polar surface area (TPSA) is 109 Å². The van der Waals surface area contributed by atoms with Crippen LogP contribution in [0.25, 0.3) is 0 Å². The minimum Gasteiger partial charge on any atom is -0.379 e. The summed E-state index contributed by atoms with van der Waals surface area (Å²) in [5.41, 5.74) is 6.99. The van der Waals surface area contributed by atoms with Gasteiger partial charge in [0.05, 0.1) is 19.4 Å². The number of aliphatic hydroxyl groups is 1. The maximum Gasteiger partial charge on any atom is 0.222 e. The molecule has 8 nitrogen and oxygen atoms in total. The highest BCUT2D eigenvalue weighted by atomic mass is 35.5. The second-order valence-corrected chi connectivity index (χ2v) is 8.77. The predicted octanol–water partition coefficient (Wildman–Crippen LogP) is 3.00. The molecule has 1 aliphatic heterocycles. The van der Waals surface area contributed by atoms with Crippen LogP contribution in [0.5, 0.6) is 0 Å². The highest BCUT2D eigenvalue weighted by molar-refractivity contribution is 7.09. The normalized spacial score (nSPS) is 16.1. The average molecular weight is 471 g/mol. The lowest BCUT2D eigenvalue weighted by Gasteiger charge is -2.27. The molecule has 2 aromatic heterocycles. The van der Waals surface area contributed by atoms with Gasteiger partial charge in [-0.25, -0.2) is 9.97 Å². The molecule has 1 atom stereocenters. The van der Waals surface area contributed by atoms with Crippen LogP contribution in [0.4, 0.5) is 17.5 Å². The summed E-state index contributed by atoms with van der Waals surface area (Å²) in [5.74, 6) is 6.52. The number of nitrogens with two attached hydrogens (primary N) is 1. The number of nitrogen functional groups attached to an aromatic ring is 1. The molecule has 1 aromatic carbocycles. The van der Waals surface area contributed by atoms with E-state index in [0.29, 0.717) is 29.1 Å². The van der Waals surface area contributed by atoms with Crippen LogP contribution in [0.3, 0.4) is 0 Å². The van der Waals surface area contributed by atoms with Crippen molar-refractivity contribution in [2.75, 3.05) is 37.4 Å². The summed E-state index contributed by atoms with van der Waals surface area (Å²) in [7, 11) is 0. The first-order valence-electron chi connectivity index (χ1n) is 10.0. The van der Waals surface area contributed by atoms with E-state index in [1.54, 1.807) is 13.1 Å². The zero-order chi connectivity index (χ0) is 22.6. The van der Waals surface area contributed by atoms with E-state index in [-0.39, 0.29) is 5.95 Å². The lowest BCUT2D eigenvalue weighted by molar-refractivity contribution is 0.0343. The molecule has 0 aliphatic carbocycles. The third-order valence-electron chi connectivity index (χ3n) is 4.92. The molecule has 3 heterocycles. The molecule has 3 aromatic rings. The summed E-state index contributed by atoms with van der Waals surface area (Å²) in [6.45, 7) is 5.51. The fourth-order valence-corrected chi connectivity index (χ4v) is 4.01. The summed E-state index contributed by atoms with van der Waals surface area (Å²) >= 11 is 7.63. The van der Waals surface area contributed by atoms with Crippen LogP contribution in [0, 0.1) is 11.8 Å². The quantitative estimate of drug-likeness (QED) is 0.488. The Morgan fingerprint density at radius 3 is 2.91 bits per heavy atom. The Labute approximate surface area is 195 Å². The van der Waals surface area contributed by atoms with Crippen molar-refractivity contribution in [1.82, 2.24) is 19.9 Å². The third kappa shape index (κ3) is 5.54. The molecule has 0 radical (unpaired) electrons. The largest absolute Gasteiger partial charge is 0.379 e. The number of rotatable bonds is 5. The maximum atomic E-state index is 10.7. The van der Waals surface area contributed by atoms with E-state index in [2.05, 4.69) is 37.0 Å². The van der Waals surface area contributed by atoms with E-state index in [4.69, 9.17) is 22.1 Å². The SMILES string of the molecule is CC(O)(C#Cc1ccc(CN2CCOCC2)c(Nc2nc(N)ncc2Cl)c1)c1nccs1. The molecule has 0 spiro atoms. The lowest BCUT2D eigenvalue weighted by atomic mass is 10.1. The van der Waals surface area contributed by atoms with Crippen molar-refractivity contribution in [2.45, 2.75) is 19.1 Å². The minimum absolute atomic E-state index is 0.127. The molecular weight excluding hydrogens is 448 g/mol. The summed E-state index contributed by atoms with van der Waals surface area (Å²) in [4.78, 5) is 14.6. The number of nitrogens with zero attached hydrogens (tertiary/aromatic N) is 4. The Balaban J connectivity index is 1.65. The summed E-state index contributed by atoms with van der Waals surface area (Å²) in [6.07, 6.45) is 3.11. The summed E-state index contributed by atoms with van der Waals surface area (Å²) < 4.78 is 5.45. The lowest BCUT2D eigenvalue weighted by Crippen LogP contribution is -2.35. The summed E-state index contributed by atoms with van der Waals surface area (Å²) in [6, 6.07) is 5.86. The molecule has 1 unspecified atom stereocenters. The van der Waals surface area contributed by atoms with E-state index in [0.717, 1.165) is 36.4 Å². The molecule has 0 saturated carbocycles. The monoisotopic (exact) mass is 470 g/mol. The predicted molar refractivity (Wildman–Crippen MR) is 126 cm³/mol. The first-order chi connectivity index (χ1) is 15.4. The Morgan fingerprint density at radius 2 is 2.16 bits per heavy atom. The van der Waals surface area contributed by atoms with E-state index in [9.17, 15) is 5.11 Å². The second kappa shape index (κ2) is 9.81. The number of nitrogens with one attached hydrogen (secondary N) is 1. The molecule has 4 N–H and O–H groups in total. The van der Waals surface area contributed by atoms with Gasteiger partial charge in [0.2, 0.25) is 5.95 Å². The molecule has 0 bridgehead atoms. The summed E-state index contributed by atoms with van der Waals surface area (Å²) in [5, 5.41) is 16.7. The number of benzene rings is 1. The fourth-order valence-electron chi connectivity index (χ4n) is 3.22. The number of hydrogen-bond acceptors (Lipinski definition) is 9. The van der Waals surface area contributed by atoms with Crippen molar-refractivity contribution in [1.29, 1.82) is 0 Å². The Morgan fingerprint density at radius 1 is 1.34 bits per heavy atom. The molecular formula is C22H23ClN6O2S. The number of hydrogen-bond donors (Lipinski definition) is 3. The van der Waals surface area contributed by atoms with E-state index in [1.807, 2.05) is 23.6 Å². The molecule has 166 valence electrons. The third-order valence-corrected chi connectivity index (χ3v) is 6.18. The fraction of sp³-hybridized carbons (Fsp3) is 0.318. The smallest absolute Gasteiger partial charge is 0.222 e. The number of aromatic nitrogens is 3. The molecule has 10 heteroatoms. The van der Waals surface area contributed by atoms with Gasteiger partial charge in [-0.3, -0.25) is 4.90 Å². The molecule has 32 heavy (non-hydrogen) atoms. The molecule has 1 aliphatic rings. The van der Waals surface area contributed by atoms with Gasteiger partial charge in [-0.05, 0) is 24.6 Å². The number of ether oxygens (including phenoxy) is 1. The number of morpholine rings is 1. The van der Waals surface area contributed by atoms with Gasteiger partial charge in [0.25, 0.3) is 0 Å². The molecule has 1 saturated heterocycles. The Hall–Kier alpha value is -2.74. The number of halogens is 1. The highest BCUT2D eigenvalue weighted by Gasteiger charge is 2.23. The van der Waals surface area contributed by atoms with Crippen molar-refractivity contribution in [2.24, 2.45) is 0 Å². The van der Waals surface area contributed by atoms with Crippen molar-refractivity contribution < 1.29 is 9.84 Å². The number of anilines is 3. The van der Waals surface area contributed by atoms with E-state index >= 15 is 0 Å². The van der Waals surface area contributed by atoms with Crippen LogP contribution in [0.1, 0.15) is 23.1 Å². The van der Waals surface area contributed by atoms with Gasteiger partial charge in [0.15, 0.2) is 11.4 Å². The van der Waals surface area contributed by atoms with Crippen LogP contribution < -0.4 is 11.1 Å². The van der Waals surface area contributed by atoms with Gasteiger partial charge in [0.1, 0.15) is 10.0 Å². The minimum atomic E-state index is -1.33. The van der Waals surface area contributed by atoms with E-state index in [1.165, 1.54) is 17.5 Å². The highest BCUT2D eigenvalue weighted by Crippen LogP contribution is 2.28. The van der Waals surface area contributed by atoms with Gasteiger partial charge in [-0.2, -0.15) is 4.98 Å². The average Bonchev–Trinajstić information content (AvgIpc) is 3.33. The van der Waals surface area contributed by atoms with Gasteiger partial charge in [-0.1, -0.05) is 29.5 Å². The number of thiazole rings is 1.